The maximum atomic E-state index is 12.6. The van der Waals surface area contributed by atoms with Gasteiger partial charge in [0.1, 0.15) is 0 Å². The topological polar surface area (TPSA) is 39.1 Å². The van der Waals surface area contributed by atoms with Crippen molar-refractivity contribution >= 4 is 16.7 Å². The molecule has 2 aromatic rings. The van der Waals surface area contributed by atoms with Crippen LogP contribution in [-0.2, 0) is 13.0 Å². The molecule has 0 fully saturated rings. The number of aromatic nitrogens is 1. The lowest BCUT2D eigenvalue weighted by molar-refractivity contribution is 0.0856. The molecule has 0 aliphatic carbocycles. The van der Waals surface area contributed by atoms with Crippen molar-refractivity contribution in [2.75, 3.05) is 0 Å². The minimum Gasteiger partial charge on any atom is -0.307 e. The zero-order valence-electron chi connectivity index (χ0n) is 12.2. The fourth-order valence-electron chi connectivity index (χ4n) is 2.93. The Balaban J connectivity index is 2.36. The Morgan fingerprint density at radius 1 is 1.25 bits per heavy atom. The van der Waals surface area contributed by atoms with Crippen LogP contribution < -0.4 is 5.56 Å². The first-order valence-corrected chi connectivity index (χ1v) is 7.10. The van der Waals surface area contributed by atoms with E-state index >= 15 is 0 Å². The van der Waals surface area contributed by atoms with Crippen molar-refractivity contribution in [1.29, 1.82) is 0 Å². The Morgan fingerprint density at radius 2 is 2.00 bits per heavy atom. The van der Waals surface area contributed by atoms with Crippen LogP contribution >= 0.6 is 0 Å². The van der Waals surface area contributed by atoms with Gasteiger partial charge in [0.25, 0.3) is 5.56 Å². The van der Waals surface area contributed by atoms with Crippen molar-refractivity contribution in [2.45, 2.75) is 40.2 Å². The van der Waals surface area contributed by atoms with Gasteiger partial charge in [0.15, 0.2) is 5.78 Å². The van der Waals surface area contributed by atoms with Crippen LogP contribution in [0.1, 0.15) is 43.1 Å². The molecule has 1 aliphatic rings. The molecule has 3 rings (SSSR count). The summed E-state index contributed by atoms with van der Waals surface area (Å²) in [5.74, 6) is -0.0795. The van der Waals surface area contributed by atoms with Crippen LogP contribution in [-0.4, -0.2) is 10.4 Å². The summed E-state index contributed by atoms with van der Waals surface area (Å²) in [6.45, 7) is 6.26. The van der Waals surface area contributed by atoms with Gasteiger partial charge in [0.2, 0.25) is 0 Å². The van der Waals surface area contributed by atoms with Gasteiger partial charge in [-0.2, -0.15) is 0 Å². The van der Waals surface area contributed by atoms with E-state index in [2.05, 4.69) is 6.07 Å². The molecule has 0 amide bonds. The van der Waals surface area contributed by atoms with Gasteiger partial charge in [-0.25, -0.2) is 0 Å². The molecule has 1 aliphatic heterocycles. The molecule has 0 unspecified atom stereocenters. The summed E-state index contributed by atoms with van der Waals surface area (Å²) in [7, 11) is 0. The predicted molar refractivity (Wildman–Crippen MR) is 80.3 cm³/mol. The Morgan fingerprint density at radius 3 is 2.70 bits per heavy atom. The van der Waals surface area contributed by atoms with E-state index < -0.39 is 5.41 Å². The molecule has 0 N–H and O–H groups in total. The quantitative estimate of drug-likeness (QED) is 0.746. The number of hydrogen-bond acceptors (Lipinski definition) is 2. The molecule has 3 nitrogen and oxygen atoms in total. The summed E-state index contributed by atoms with van der Waals surface area (Å²) >= 11 is 0. The highest BCUT2D eigenvalue weighted by molar-refractivity contribution is 6.02. The van der Waals surface area contributed by atoms with Crippen LogP contribution in [0.25, 0.3) is 10.9 Å². The van der Waals surface area contributed by atoms with E-state index in [9.17, 15) is 9.59 Å². The van der Waals surface area contributed by atoms with E-state index in [1.165, 1.54) is 5.56 Å². The van der Waals surface area contributed by atoms with Gasteiger partial charge in [0.05, 0.1) is 11.1 Å². The third-order valence-electron chi connectivity index (χ3n) is 3.95. The van der Waals surface area contributed by atoms with Crippen LogP contribution in [0.2, 0.25) is 0 Å². The molecule has 0 bridgehead atoms. The minimum atomic E-state index is -0.535. The van der Waals surface area contributed by atoms with E-state index in [4.69, 9.17) is 0 Å². The van der Waals surface area contributed by atoms with Gasteiger partial charge in [0, 0.05) is 12.0 Å². The number of nitrogens with zero attached hydrogens (tertiary/aromatic N) is 1. The molecular formula is C17H19NO2. The van der Waals surface area contributed by atoms with E-state index in [1.807, 2.05) is 32.9 Å². The van der Waals surface area contributed by atoms with E-state index in [1.54, 1.807) is 10.6 Å². The second-order valence-corrected chi connectivity index (χ2v) is 6.55. The summed E-state index contributed by atoms with van der Waals surface area (Å²) in [6, 6.07) is 7.84. The monoisotopic (exact) mass is 269 g/mol. The largest absolute Gasteiger partial charge is 0.307 e. The maximum Gasteiger partial charge on any atom is 0.261 e. The van der Waals surface area contributed by atoms with Crippen molar-refractivity contribution in [1.82, 2.24) is 4.57 Å². The zero-order valence-corrected chi connectivity index (χ0v) is 12.2. The van der Waals surface area contributed by atoms with Crippen molar-refractivity contribution in [3.8, 4) is 0 Å². The lowest BCUT2D eigenvalue weighted by Gasteiger charge is -2.22. The highest BCUT2D eigenvalue weighted by Crippen LogP contribution is 2.26. The van der Waals surface area contributed by atoms with E-state index in [0.29, 0.717) is 12.1 Å². The fraction of sp³-hybridized carbons (Fsp3) is 0.412. The Bertz CT molecular complexity index is 763. The average Bonchev–Trinajstić information content (AvgIpc) is 2.41. The SMILES string of the molecule is CC(C)(C)C(=O)c1cc2cccc3c2n(c1=O)CCC3. The highest BCUT2D eigenvalue weighted by atomic mass is 16.1. The number of rotatable bonds is 1. The van der Waals surface area contributed by atoms with Crippen molar-refractivity contribution < 1.29 is 4.79 Å². The first-order valence-electron chi connectivity index (χ1n) is 7.10. The van der Waals surface area contributed by atoms with E-state index in [0.717, 1.165) is 23.7 Å². The number of hydrogen-bond donors (Lipinski definition) is 0. The van der Waals surface area contributed by atoms with Gasteiger partial charge in [-0.05, 0) is 29.9 Å². The Kier molecular flexibility index (Phi) is 2.82. The molecule has 2 heterocycles. The molecule has 0 spiro atoms. The molecule has 0 radical (unpaired) electrons. The summed E-state index contributed by atoms with van der Waals surface area (Å²) in [5.41, 5.74) is 1.87. The van der Waals surface area contributed by atoms with Crippen molar-refractivity contribution in [3.05, 3.63) is 45.7 Å². The molecule has 1 aromatic heterocycles. The van der Waals surface area contributed by atoms with Gasteiger partial charge in [-0.1, -0.05) is 39.0 Å². The smallest absolute Gasteiger partial charge is 0.261 e. The van der Waals surface area contributed by atoms with Gasteiger partial charge in [-0.15, -0.1) is 0 Å². The molecular weight excluding hydrogens is 250 g/mol. The predicted octanol–water partition coefficient (Wildman–Crippen LogP) is 3.18. The van der Waals surface area contributed by atoms with E-state index in [-0.39, 0.29) is 11.3 Å². The zero-order chi connectivity index (χ0) is 14.5. The summed E-state index contributed by atoms with van der Waals surface area (Å²) in [6.07, 6.45) is 1.96. The van der Waals surface area contributed by atoms with Crippen LogP contribution in [0, 0.1) is 5.41 Å². The third-order valence-corrected chi connectivity index (χ3v) is 3.95. The first kappa shape index (κ1) is 13.1. The number of pyridine rings is 1. The van der Waals surface area contributed by atoms with Crippen LogP contribution in [0.4, 0.5) is 0 Å². The van der Waals surface area contributed by atoms with Gasteiger partial charge >= 0.3 is 0 Å². The number of carbonyl (C=O) groups is 1. The standard InChI is InChI=1S/C17H19NO2/c1-17(2,3)15(19)13-10-12-7-4-6-11-8-5-9-18(14(11)12)16(13)20/h4,6-7,10H,5,8-9H2,1-3H3. The lowest BCUT2D eigenvalue weighted by Crippen LogP contribution is -2.33. The number of para-hydroxylation sites is 1. The van der Waals surface area contributed by atoms with Crippen LogP contribution in [0.5, 0.6) is 0 Å². The normalized spacial score (nSPS) is 14.6. The fourth-order valence-corrected chi connectivity index (χ4v) is 2.93. The highest BCUT2D eigenvalue weighted by Gasteiger charge is 2.27. The van der Waals surface area contributed by atoms with Gasteiger partial charge < -0.3 is 4.57 Å². The number of aryl methyl sites for hydroxylation is 2. The minimum absolute atomic E-state index is 0.0795. The van der Waals surface area contributed by atoms with Crippen molar-refractivity contribution in [3.63, 3.8) is 0 Å². The lowest BCUT2D eigenvalue weighted by atomic mass is 9.86. The first-order chi connectivity index (χ1) is 9.39. The van der Waals surface area contributed by atoms with Crippen LogP contribution in [0.15, 0.2) is 29.1 Å². The maximum absolute atomic E-state index is 12.6. The number of benzene rings is 1. The molecule has 0 saturated heterocycles. The average molecular weight is 269 g/mol. The molecule has 3 heteroatoms. The Labute approximate surface area is 118 Å². The summed E-state index contributed by atoms with van der Waals surface area (Å²) in [5, 5.41) is 0.995. The third kappa shape index (κ3) is 1.89. The Hall–Kier alpha value is -1.90. The van der Waals surface area contributed by atoms with Crippen LogP contribution in [0.3, 0.4) is 0 Å². The summed E-state index contributed by atoms with van der Waals surface area (Å²) in [4.78, 5) is 25.1. The molecule has 1 aromatic carbocycles. The second kappa shape index (κ2) is 4.30. The molecule has 104 valence electrons. The summed E-state index contributed by atoms with van der Waals surface area (Å²) < 4.78 is 1.78. The number of Topliss-reactive ketones (excluding diaryl/α,β-unsaturated/α-hetero) is 1. The van der Waals surface area contributed by atoms with Gasteiger partial charge in [-0.3, -0.25) is 9.59 Å². The number of carbonyl (C=O) groups excluding carboxylic acids is 1. The molecule has 0 saturated carbocycles. The molecule has 20 heavy (non-hydrogen) atoms. The molecule has 0 atom stereocenters. The second-order valence-electron chi connectivity index (χ2n) is 6.55. The number of ketones is 1. The van der Waals surface area contributed by atoms with Crippen molar-refractivity contribution in [2.24, 2.45) is 5.41 Å².